The fraction of sp³-hybridized carbons (Fsp3) is 0.286. The molecule has 5 nitrogen and oxygen atoms in total. The molecule has 174 valence electrons. The molecule has 1 unspecified atom stereocenters. The topological polar surface area (TPSA) is 49.6 Å². The van der Waals surface area contributed by atoms with Gasteiger partial charge in [-0.05, 0) is 48.2 Å². The number of thioether (sulfide) groups is 1. The molecule has 0 fully saturated rings. The fourth-order valence-electron chi connectivity index (χ4n) is 4.66. The van der Waals surface area contributed by atoms with Crippen LogP contribution in [0.4, 0.5) is 0 Å². The van der Waals surface area contributed by atoms with Gasteiger partial charge in [-0.1, -0.05) is 49.4 Å². The zero-order chi connectivity index (χ0) is 23.3. The average molecular weight is 471 g/mol. The van der Waals surface area contributed by atoms with Crippen molar-refractivity contribution in [3.63, 3.8) is 0 Å². The van der Waals surface area contributed by atoms with Crippen LogP contribution in [0.1, 0.15) is 40.5 Å². The van der Waals surface area contributed by atoms with Crippen molar-refractivity contribution in [2.24, 2.45) is 0 Å². The Balaban J connectivity index is 1.21. The third-order valence-corrected chi connectivity index (χ3v) is 7.67. The number of carbonyl (C=O) groups is 1. The number of pyridine rings is 1. The molecular weight excluding hydrogens is 440 g/mol. The Kier molecular flexibility index (Phi) is 6.97. The summed E-state index contributed by atoms with van der Waals surface area (Å²) in [4.78, 5) is 21.3. The smallest absolute Gasteiger partial charge is 0.252 e. The third kappa shape index (κ3) is 5.03. The van der Waals surface area contributed by atoms with E-state index in [1.54, 1.807) is 11.8 Å². The number of rotatable bonds is 8. The molecule has 0 bridgehead atoms. The second-order valence-electron chi connectivity index (χ2n) is 8.74. The Morgan fingerprint density at radius 3 is 2.71 bits per heavy atom. The van der Waals surface area contributed by atoms with Crippen molar-refractivity contribution in [3.05, 3.63) is 102 Å². The Bertz CT molecular complexity index is 1250. The highest BCUT2D eigenvalue weighted by Gasteiger charge is 2.23. The first-order chi connectivity index (χ1) is 16.7. The summed E-state index contributed by atoms with van der Waals surface area (Å²) in [5, 5.41) is 3.22. The standard InChI is InChI=1S/C28H30N4OS/c1-2-24(31-16-14-21-9-3-4-10-22(21)18-31)17-29-28(33)25-11-5-6-12-26(25)34-20-23-19-32-15-8-7-13-27(32)30-23/h3-13,15,19,24H,2,14,16-18,20H2,1H3,(H,29,33). The summed E-state index contributed by atoms with van der Waals surface area (Å²) in [5.74, 6) is 0.713. The highest BCUT2D eigenvalue weighted by Crippen LogP contribution is 2.26. The van der Waals surface area contributed by atoms with E-state index in [0.29, 0.717) is 12.6 Å². The first-order valence-electron chi connectivity index (χ1n) is 11.9. The molecule has 1 atom stereocenters. The number of nitrogens with one attached hydrogen (secondary N) is 1. The van der Waals surface area contributed by atoms with Gasteiger partial charge in [-0.2, -0.15) is 0 Å². The molecular formula is C28H30N4OS. The summed E-state index contributed by atoms with van der Waals surface area (Å²) in [7, 11) is 0. The summed E-state index contributed by atoms with van der Waals surface area (Å²) in [6.45, 7) is 4.85. The van der Waals surface area contributed by atoms with Crippen molar-refractivity contribution >= 4 is 23.3 Å². The van der Waals surface area contributed by atoms with Crippen LogP contribution >= 0.6 is 11.8 Å². The van der Waals surface area contributed by atoms with Gasteiger partial charge in [-0.3, -0.25) is 9.69 Å². The Morgan fingerprint density at radius 2 is 1.85 bits per heavy atom. The van der Waals surface area contributed by atoms with Crippen LogP contribution in [-0.4, -0.2) is 39.3 Å². The number of carbonyl (C=O) groups excluding carboxylic acids is 1. The second kappa shape index (κ2) is 10.5. The van der Waals surface area contributed by atoms with E-state index in [-0.39, 0.29) is 5.91 Å². The Labute approximate surface area is 205 Å². The normalized spacial score (nSPS) is 14.6. The molecule has 1 N–H and O–H groups in total. The summed E-state index contributed by atoms with van der Waals surface area (Å²) in [5.41, 5.74) is 5.54. The van der Waals surface area contributed by atoms with Crippen molar-refractivity contribution < 1.29 is 4.79 Å². The molecule has 2 aromatic carbocycles. The van der Waals surface area contributed by atoms with E-state index in [1.807, 2.05) is 59.3 Å². The molecule has 0 radical (unpaired) electrons. The van der Waals surface area contributed by atoms with Gasteiger partial charge in [-0.15, -0.1) is 11.8 Å². The van der Waals surface area contributed by atoms with Crippen LogP contribution in [0.15, 0.2) is 84.0 Å². The van der Waals surface area contributed by atoms with E-state index in [4.69, 9.17) is 0 Å². The SMILES string of the molecule is CCC(CNC(=O)c1ccccc1SCc1cn2ccccc2n1)N1CCc2ccccc2C1. The molecule has 5 rings (SSSR count). The van der Waals surface area contributed by atoms with Crippen LogP contribution in [0.3, 0.4) is 0 Å². The average Bonchev–Trinajstić information content (AvgIpc) is 3.31. The maximum Gasteiger partial charge on any atom is 0.252 e. The second-order valence-corrected chi connectivity index (χ2v) is 9.76. The number of benzene rings is 2. The third-order valence-electron chi connectivity index (χ3n) is 6.57. The number of fused-ring (bicyclic) bond motifs is 2. The van der Waals surface area contributed by atoms with Gasteiger partial charge in [-0.25, -0.2) is 4.98 Å². The van der Waals surface area contributed by atoms with Gasteiger partial charge in [0.15, 0.2) is 0 Å². The zero-order valence-electron chi connectivity index (χ0n) is 19.5. The van der Waals surface area contributed by atoms with Crippen molar-refractivity contribution in [2.75, 3.05) is 13.1 Å². The quantitative estimate of drug-likeness (QED) is 0.360. The van der Waals surface area contributed by atoms with Crippen LogP contribution in [0, 0.1) is 0 Å². The molecule has 1 aliphatic heterocycles. The minimum Gasteiger partial charge on any atom is -0.350 e. The van der Waals surface area contributed by atoms with Crippen molar-refractivity contribution in [3.8, 4) is 0 Å². The number of hydrogen-bond acceptors (Lipinski definition) is 4. The van der Waals surface area contributed by atoms with Gasteiger partial charge >= 0.3 is 0 Å². The summed E-state index contributed by atoms with van der Waals surface area (Å²) in [6.07, 6.45) is 6.13. The molecule has 0 saturated carbocycles. The first kappa shape index (κ1) is 22.7. The first-order valence-corrected chi connectivity index (χ1v) is 12.9. The van der Waals surface area contributed by atoms with E-state index in [1.165, 1.54) is 11.1 Å². The summed E-state index contributed by atoms with van der Waals surface area (Å²) >= 11 is 1.66. The van der Waals surface area contributed by atoms with E-state index in [2.05, 4.69) is 46.4 Å². The largest absolute Gasteiger partial charge is 0.350 e. The maximum absolute atomic E-state index is 13.2. The van der Waals surface area contributed by atoms with E-state index in [0.717, 1.165) is 53.5 Å². The van der Waals surface area contributed by atoms with Crippen molar-refractivity contribution in [2.45, 2.75) is 43.0 Å². The van der Waals surface area contributed by atoms with Crippen LogP contribution in [0.5, 0.6) is 0 Å². The fourth-order valence-corrected chi connectivity index (χ4v) is 5.59. The molecule has 6 heteroatoms. The van der Waals surface area contributed by atoms with Crippen LogP contribution in [-0.2, 0) is 18.7 Å². The lowest BCUT2D eigenvalue weighted by atomic mass is 9.98. The van der Waals surface area contributed by atoms with E-state index >= 15 is 0 Å². The van der Waals surface area contributed by atoms with E-state index < -0.39 is 0 Å². The number of imidazole rings is 1. The summed E-state index contributed by atoms with van der Waals surface area (Å²) in [6, 6.07) is 22.9. The maximum atomic E-state index is 13.2. The molecule has 1 aliphatic rings. The number of amides is 1. The lowest BCUT2D eigenvalue weighted by Gasteiger charge is -2.35. The van der Waals surface area contributed by atoms with Crippen molar-refractivity contribution in [1.29, 1.82) is 0 Å². The van der Waals surface area contributed by atoms with Gasteiger partial charge < -0.3 is 9.72 Å². The van der Waals surface area contributed by atoms with Gasteiger partial charge in [0.2, 0.25) is 0 Å². The molecule has 0 spiro atoms. The molecule has 4 aromatic rings. The number of hydrogen-bond donors (Lipinski definition) is 1. The highest BCUT2D eigenvalue weighted by molar-refractivity contribution is 7.98. The van der Waals surface area contributed by atoms with Gasteiger partial charge in [0.25, 0.3) is 5.91 Å². The summed E-state index contributed by atoms with van der Waals surface area (Å²) < 4.78 is 2.03. The molecule has 1 amide bonds. The van der Waals surface area contributed by atoms with Crippen LogP contribution in [0.2, 0.25) is 0 Å². The molecule has 0 aliphatic carbocycles. The van der Waals surface area contributed by atoms with Gasteiger partial charge in [0.1, 0.15) is 5.65 Å². The van der Waals surface area contributed by atoms with Crippen LogP contribution in [0.25, 0.3) is 5.65 Å². The lowest BCUT2D eigenvalue weighted by molar-refractivity contribution is 0.0923. The minimum atomic E-state index is -0.00559. The molecule has 34 heavy (non-hydrogen) atoms. The predicted molar refractivity (Wildman–Crippen MR) is 138 cm³/mol. The predicted octanol–water partition coefficient (Wildman–Crippen LogP) is 5.19. The highest BCUT2D eigenvalue weighted by atomic mass is 32.2. The Hall–Kier alpha value is -3.09. The van der Waals surface area contributed by atoms with E-state index in [9.17, 15) is 4.79 Å². The zero-order valence-corrected chi connectivity index (χ0v) is 20.3. The Morgan fingerprint density at radius 1 is 1.06 bits per heavy atom. The molecule has 2 aromatic heterocycles. The number of aromatic nitrogens is 2. The van der Waals surface area contributed by atoms with Crippen LogP contribution < -0.4 is 5.32 Å². The van der Waals surface area contributed by atoms with Gasteiger partial charge in [0.05, 0.1) is 11.3 Å². The molecule has 0 saturated heterocycles. The lowest BCUT2D eigenvalue weighted by Crippen LogP contribution is -2.45. The van der Waals surface area contributed by atoms with Crippen molar-refractivity contribution in [1.82, 2.24) is 19.6 Å². The minimum absolute atomic E-state index is 0.00559. The van der Waals surface area contributed by atoms with Gasteiger partial charge in [0, 0.05) is 48.7 Å². The monoisotopic (exact) mass is 470 g/mol. The molecule has 3 heterocycles. The number of nitrogens with zero attached hydrogens (tertiary/aromatic N) is 3.